The van der Waals surface area contributed by atoms with Crippen LogP contribution in [0.2, 0.25) is 0 Å². The Labute approximate surface area is 123 Å². The molecule has 0 aliphatic carbocycles. The summed E-state index contributed by atoms with van der Waals surface area (Å²) in [5.74, 6) is -0.310. The van der Waals surface area contributed by atoms with Gasteiger partial charge in [0.1, 0.15) is 0 Å². The number of nitrogens with two attached hydrogens (primary N) is 1. The molecule has 106 valence electrons. The van der Waals surface area contributed by atoms with Crippen LogP contribution >= 0.6 is 11.3 Å². The van der Waals surface area contributed by atoms with Crippen molar-refractivity contribution in [3.63, 3.8) is 0 Å². The first-order valence-corrected chi connectivity index (χ1v) is 7.35. The van der Waals surface area contributed by atoms with Gasteiger partial charge in [-0.25, -0.2) is 4.98 Å². The lowest BCUT2D eigenvalue weighted by molar-refractivity contribution is -0.117. The van der Waals surface area contributed by atoms with Crippen LogP contribution < -0.4 is 11.1 Å². The van der Waals surface area contributed by atoms with Crippen LogP contribution in [0.15, 0.2) is 24.3 Å². The SMILES string of the molecule is Cc1nc(C)c(C(C)Nc2ccc(CC(N)=O)cc2)s1. The summed E-state index contributed by atoms with van der Waals surface area (Å²) in [5, 5.41) is 4.53. The molecule has 1 heterocycles. The molecular formula is C15H19N3OS. The molecule has 2 rings (SSSR count). The van der Waals surface area contributed by atoms with Crippen molar-refractivity contribution in [3.05, 3.63) is 45.4 Å². The average Bonchev–Trinajstić information content (AvgIpc) is 2.70. The molecule has 3 N–H and O–H groups in total. The van der Waals surface area contributed by atoms with Gasteiger partial charge in [-0.1, -0.05) is 12.1 Å². The zero-order chi connectivity index (χ0) is 14.7. The molecule has 0 radical (unpaired) electrons. The number of aromatic nitrogens is 1. The van der Waals surface area contributed by atoms with E-state index in [1.165, 1.54) is 4.88 Å². The monoisotopic (exact) mass is 289 g/mol. The van der Waals surface area contributed by atoms with E-state index < -0.39 is 0 Å². The van der Waals surface area contributed by atoms with Gasteiger partial charge < -0.3 is 11.1 Å². The van der Waals surface area contributed by atoms with Crippen molar-refractivity contribution in [3.8, 4) is 0 Å². The normalized spacial score (nSPS) is 12.2. The minimum absolute atomic E-state index is 0.211. The van der Waals surface area contributed by atoms with Gasteiger partial charge in [0.25, 0.3) is 0 Å². The van der Waals surface area contributed by atoms with Crippen LogP contribution in [0.5, 0.6) is 0 Å². The molecule has 1 aromatic carbocycles. The number of anilines is 1. The van der Waals surface area contributed by atoms with Gasteiger partial charge in [0.15, 0.2) is 0 Å². The van der Waals surface area contributed by atoms with Crippen LogP contribution in [0.25, 0.3) is 0 Å². The quantitative estimate of drug-likeness (QED) is 0.889. The number of carbonyl (C=O) groups is 1. The first kappa shape index (κ1) is 14.5. The van der Waals surface area contributed by atoms with Crippen molar-refractivity contribution in [2.75, 3.05) is 5.32 Å². The zero-order valence-electron chi connectivity index (χ0n) is 11.9. The third kappa shape index (κ3) is 3.57. The molecule has 0 spiro atoms. The van der Waals surface area contributed by atoms with Crippen molar-refractivity contribution in [2.45, 2.75) is 33.2 Å². The maximum atomic E-state index is 10.9. The summed E-state index contributed by atoms with van der Waals surface area (Å²) in [6.45, 7) is 6.18. The van der Waals surface area contributed by atoms with Gasteiger partial charge in [-0.3, -0.25) is 4.79 Å². The highest BCUT2D eigenvalue weighted by molar-refractivity contribution is 7.11. The Hall–Kier alpha value is -1.88. The van der Waals surface area contributed by atoms with Crippen LogP contribution in [0.3, 0.4) is 0 Å². The Morgan fingerprint density at radius 3 is 2.50 bits per heavy atom. The predicted molar refractivity (Wildman–Crippen MR) is 83.0 cm³/mol. The number of primary amides is 1. The Balaban J connectivity index is 2.06. The number of amides is 1. The third-order valence-corrected chi connectivity index (χ3v) is 4.30. The summed E-state index contributed by atoms with van der Waals surface area (Å²) in [5.41, 5.74) is 8.21. The number of rotatable bonds is 5. The Morgan fingerprint density at radius 2 is 2.00 bits per heavy atom. The first-order chi connectivity index (χ1) is 9.45. The molecule has 0 fully saturated rings. The average molecular weight is 289 g/mol. The number of thiazole rings is 1. The van der Waals surface area contributed by atoms with Crippen molar-refractivity contribution in [1.29, 1.82) is 0 Å². The van der Waals surface area contributed by atoms with E-state index in [-0.39, 0.29) is 18.4 Å². The smallest absolute Gasteiger partial charge is 0.221 e. The third-order valence-electron chi connectivity index (χ3n) is 3.05. The van der Waals surface area contributed by atoms with Crippen LogP contribution in [-0.4, -0.2) is 10.9 Å². The standard InChI is InChI=1S/C15H19N3OS/c1-9-15(20-11(3)17-9)10(2)18-13-6-4-12(5-7-13)8-14(16)19/h4-7,10,18H,8H2,1-3H3,(H2,16,19). The van der Waals surface area contributed by atoms with E-state index in [4.69, 9.17) is 5.73 Å². The Kier molecular flexibility index (Phi) is 4.39. The Morgan fingerprint density at radius 1 is 1.35 bits per heavy atom. The van der Waals surface area contributed by atoms with Crippen molar-refractivity contribution in [1.82, 2.24) is 4.98 Å². The van der Waals surface area contributed by atoms with Gasteiger partial charge in [0.2, 0.25) is 5.91 Å². The molecule has 0 saturated carbocycles. The minimum Gasteiger partial charge on any atom is -0.378 e. The van der Waals surface area contributed by atoms with Crippen molar-refractivity contribution >= 4 is 22.9 Å². The number of nitrogens with zero attached hydrogens (tertiary/aromatic N) is 1. The number of hydrogen-bond acceptors (Lipinski definition) is 4. The molecule has 0 aliphatic heterocycles. The molecule has 0 saturated heterocycles. The topological polar surface area (TPSA) is 68.0 Å². The van der Waals surface area contributed by atoms with Gasteiger partial charge in [0.05, 0.1) is 23.2 Å². The summed E-state index contributed by atoms with van der Waals surface area (Å²) in [4.78, 5) is 16.6. The van der Waals surface area contributed by atoms with Crippen molar-refractivity contribution in [2.24, 2.45) is 5.73 Å². The number of benzene rings is 1. The van der Waals surface area contributed by atoms with E-state index in [1.54, 1.807) is 11.3 Å². The van der Waals surface area contributed by atoms with Crippen LogP contribution in [0, 0.1) is 13.8 Å². The van der Waals surface area contributed by atoms with E-state index >= 15 is 0 Å². The molecule has 1 amide bonds. The highest BCUT2D eigenvalue weighted by Gasteiger charge is 2.12. The van der Waals surface area contributed by atoms with E-state index in [0.29, 0.717) is 0 Å². The molecule has 5 heteroatoms. The predicted octanol–water partition coefficient (Wildman–Crippen LogP) is 2.96. The summed E-state index contributed by atoms with van der Waals surface area (Å²) in [6.07, 6.45) is 0.281. The highest BCUT2D eigenvalue weighted by Crippen LogP contribution is 2.27. The van der Waals surface area contributed by atoms with E-state index in [9.17, 15) is 4.79 Å². The molecule has 1 unspecified atom stereocenters. The van der Waals surface area contributed by atoms with Crippen LogP contribution in [0.4, 0.5) is 5.69 Å². The molecule has 4 nitrogen and oxygen atoms in total. The number of nitrogens with one attached hydrogen (secondary N) is 1. The molecule has 1 atom stereocenters. The lowest BCUT2D eigenvalue weighted by Gasteiger charge is -2.14. The van der Waals surface area contributed by atoms with Crippen molar-refractivity contribution < 1.29 is 4.79 Å². The summed E-state index contributed by atoms with van der Waals surface area (Å²) in [7, 11) is 0. The molecule has 2 aromatic rings. The van der Waals surface area contributed by atoms with E-state index in [0.717, 1.165) is 22.0 Å². The lowest BCUT2D eigenvalue weighted by Crippen LogP contribution is -2.13. The van der Waals surface area contributed by atoms with Gasteiger partial charge in [-0.15, -0.1) is 11.3 Å². The molecule has 20 heavy (non-hydrogen) atoms. The van der Waals surface area contributed by atoms with Crippen LogP contribution in [-0.2, 0) is 11.2 Å². The Bertz CT molecular complexity index is 604. The maximum Gasteiger partial charge on any atom is 0.221 e. The fourth-order valence-corrected chi connectivity index (χ4v) is 3.11. The zero-order valence-corrected chi connectivity index (χ0v) is 12.8. The molecule has 0 aliphatic rings. The van der Waals surface area contributed by atoms with Gasteiger partial charge >= 0.3 is 0 Å². The summed E-state index contributed by atoms with van der Waals surface area (Å²) >= 11 is 1.72. The molecule has 0 bridgehead atoms. The number of aryl methyl sites for hydroxylation is 2. The largest absolute Gasteiger partial charge is 0.378 e. The van der Waals surface area contributed by atoms with E-state index in [1.807, 2.05) is 38.1 Å². The second kappa shape index (κ2) is 6.05. The van der Waals surface area contributed by atoms with Crippen LogP contribution in [0.1, 0.15) is 34.1 Å². The minimum atomic E-state index is -0.310. The number of carbonyl (C=O) groups excluding carboxylic acids is 1. The molecular weight excluding hydrogens is 270 g/mol. The molecule has 1 aromatic heterocycles. The summed E-state index contributed by atoms with van der Waals surface area (Å²) < 4.78 is 0. The maximum absolute atomic E-state index is 10.9. The summed E-state index contributed by atoms with van der Waals surface area (Å²) in [6, 6.07) is 7.99. The fraction of sp³-hybridized carbons (Fsp3) is 0.333. The fourth-order valence-electron chi connectivity index (χ4n) is 2.18. The second-order valence-corrected chi connectivity index (χ2v) is 6.12. The highest BCUT2D eigenvalue weighted by atomic mass is 32.1. The lowest BCUT2D eigenvalue weighted by atomic mass is 10.1. The second-order valence-electron chi connectivity index (χ2n) is 4.89. The van der Waals surface area contributed by atoms with Gasteiger partial charge in [0, 0.05) is 10.6 Å². The first-order valence-electron chi connectivity index (χ1n) is 6.53. The number of hydrogen-bond donors (Lipinski definition) is 2. The van der Waals surface area contributed by atoms with E-state index in [2.05, 4.69) is 17.2 Å². The van der Waals surface area contributed by atoms with Gasteiger partial charge in [-0.2, -0.15) is 0 Å². The van der Waals surface area contributed by atoms with Gasteiger partial charge in [-0.05, 0) is 38.5 Å².